The van der Waals surface area contributed by atoms with Gasteiger partial charge in [0, 0.05) is 31.3 Å². The van der Waals surface area contributed by atoms with Gasteiger partial charge >= 0.3 is 0 Å². The number of nitriles is 1. The standard InChI is InChI=1S/C10H11N3.C10H7N3/c2*11-8-9-4-1-2-5-10(9)13-7-3-6-12-13/h1-7H,8,11H2;1-7H. The minimum absolute atomic E-state index is 0.538. The van der Waals surface area contributed by atoms with Crippen LogP contribution in [-0.2, 0) is 6.54 Å². The van der Waals surface area contributed by atoms with Crippen molar-refractivity contribution in [2.45, 2.75) is 6.54 Å². The van der Waals surface area contributed by atoms with Crippen molar-refractivity contribution in [2.24, 2.45) is 5.73 Å². The first-order valence-electron chi connectivity index (χ1n) is 8.10. The van der Waals surface area contributed by atoms with Crippen molar-refractivity contribution in [3.8, 4) is 17.4 Å². The Hall–Kier alpha value is -3.69. The molecule has 0 saturated heterocycles. The van der Waals surface area contributed by atoms with E-state index in [2.05, 4.69) is 16.3 Å². The minimum Gasteiger partial charge on any atom is -0.326 e. The van der Waals surface area contributed by atoms with Gasteiger partial charge in [-0.3, -0.25) is 0 Å². The van der Waals surface area contributed by atoms with E-state index < -0.39 is 0 Å². The maximum atomic E-state index is 8.83. The van der Waals surface area contributed by atoms with E-state index in [1.54, 1.807) is 23.1 Å². The van der Waals surface area contributed by atoms with Crippen LogP contribution >= 0.6 is 0 Å². The van der Waals surface area contributed by atoms with E-state index in [1.807, 2.05) is 71.7 Å². The number of para-hydroxylation sites is 2. The number of rotatable bonds is 3. The molecule has 0 spiro atoms. The van der Waals surface area contributed by atoms with E-state index in [9.17, 15) is 0 Å². The van der Waals surface area contributed by atoms with Gasteiger partial charge in [0.2, 0.25) is 0 Å². The topological polar surface area (TPSA) is 85.5 Å². The first-order valence-corrected chi connectivity index (χ1v) is 8.10. The van der Waals surface area contributed by atoms with Gasteiger partial charge in [-0.25, -0.2) is 9.36 Å². The third-order valence-corrected chi connectivity index (χ3v) is 3.74. The molecule has 0 atom stereocenters. The van der Waals surface area contributed by atoms with Crippen molar-refractivity contribution < 1.29 is 0 Å². The maximum absolute atomic E-state index is 8.83. The molecule has 0 bridgehead atoms. The third kappa shape index (κ3) is 3.86. The van der Waals surface area contributed by atoms with E-state index in [0.29, 0.717) is 12.1 Å². The fourth-order valence-electron chi connectivity index (χ4n) is 2.50. The zero-order chi connectivity index (χ0) is 18.2. The largest absolute Gasteiger partial charge is 0.326 e. The Bertz CT molecular complexity index is 981. The van der Waals surface area contributed by atoms with Gasteiger partial charge in [-0.05, 0) is 35.9 Å². The van der Waals surface area contributed by atoms with Gasteiger partial charge < -0.3 is 5.73 Å². The highest BCUT2D eigenvalue weighted by Gasteiger charge is 2.02. The molecule has 2 heterocycles. The maximum Gasteiger partial charge on any atom is 0.101 e. The summed E-state index contributed by atoms with van der Waals surface area (Å²) in [5.41, 5.74) is 9.22. The van der Waals surface area contributed by atoms with Crippen molar-refractivity contribution in [3.63, 3.8) is 0 Å². The molecule has 0 radical (unpaired) electrons. The first kappa shape index (κ1) is 17.1. The van der Waals surface area contributed by atoms with E-state index in [0.717, 1.165) is 16.9 Å². The smallest absolute Gasteiger partial charge is 0.101 e. The molecular weight excluding hydrogens is 324 g/mol. The Morgan fingerprint density at radius 2 is 1.38 bits per heavy atom. The molecule has 6 nitrogen and oxygen atoms in total. The van der Waals surface area contributed by atoms with Gasteiger partial charge in [0.25, 0.3) is 0 Å². The summed E-state index contributed by atoms with van der Waals surface area (Å²) in [7, 11) is 0. The van der Waals surface area contributed by atoms with E-state index in [-0.39, 0.29) is 0 Å². The number of nitrogens with zero attached hydrogens (tertiary/aromatic N) is 5. The second-order valence-corrected chi connectivity index (χ2v) is 5.36. The highest BCUT2D eigenvalue weighted by atomic mass is 15.3. The van der Waals surface area contributed by atoms with Gasteiger partial charge in [0.05, 0.1) is 16.9 Å². The molecule has 0 fully saturated rings. The van der Waals surface area contributed by atoms with Gasteiger partial charge in [-0.1, -0.05) is 30.3 Å². The van der Waals surface area contributed by atoms with Crippen LogP contribution in [0, 0.1) is 11.3 Å². The SMILES string of the molecule is N#Cc1ccccc1-n1cccn1.NCc1ccccc1-n1cccn1. The number of benzene rings is 2. The minimum atomic E-state index is 0.538. The molecule has 128 valence electrons. The molecule has 2 aromatic heterocycles. The van der Waals surface area contributed by atoms with Crippen LogP contribution in [0.15, 0.2) is 85.5 Å². The summed E-state index contributed by atoms with van der Waals surface area (Å²) in [5, 5.41) is 17.0. The summed E-state index contributed by atoms with van der Waals surface area (Å²) >= 11 is 0. The number of nitrogens with two attached hydrogens (primary N) is 1. The lowest BCUT2D eigenvalue weighted by molar-refractivity contribution is 0.858. The quantitative estimate of drug-likeness (QED) is 0.620. The molecule has 0 unspecified atom stereocenters. The van der Waals surface area contributed by atoms with Gasteiger partial charge in [0.15, 0.2) is 0 Å². The van der Waals surface area contributed by atoms with Crippen LogP contribution in [0.2, 0.25) is 0 Å². The van der Waals surface area contributed by atoms with Crippen molar-refractivity contribution in [2.75, 3.05) is 0 Å². The summed E-state index contributed by atoms with van der Waals surface area (Å²) in [5.74, 6) is 0. The Balaban J connectivity index is 0.000000151. The summed E-state index contributed by atoms with van der Waals surface area (Å²) < 4.78 is 3.50. The molecule has 0 aliphatic carbocycles. The van der Waals surface area contributed by atoms with Crippen molar-refractivity contribution in [3.05, 3.63) is 96.6 Å². The van der Waals surface area contributed by atoms with Gasteiger partial charge in [0.1, 0.15) is 6.07 Å². The molecular formula is C20H18N6. The fourth-order valence-corrected chi connectivity index (χ4v) is 2.50. The second-order valence-electron chi connectivity index (χ2n) is 5.36. The lowest BCUT2D eigenvalue weighted by Crippen LogP contribution is -2.04. The van der Waals surface area contributed by atoms with Gasteiger partial charge in [-0.2, -0.15) is 15.5 Å². The van der Waals surface area contributed by atoms with Crippen LogP contribution in [0.4, 0.5) is 0 Å². The molecule has 0 saturated carbocycles. The van der Waals surface area contributed by atoms with Crippen molar-refractivity contribution >= 4 is 0 Å². The van der Waals surface area contributed by atoms with Crippen LogP contribution in [0.1, 0.15) is 11.1 Å². The summed E-state index contributed by atoms with van der Waals surface area (Å²) in [6.45, 7) is 0.538. The Morgan fingerprint density at radius 3 is 1.96 bits per heavy atom. The lowest BCUT2D eigenvalue weighted by Gasteiger charge is -2.06. The van der Waals surface area contributed by atoms with E-state index in [1.165, 1.54) is 0 Å². The highest BCUT2D eigenvalue weighted by molar-refractivity contribution is 5.47. The Morgan fingerprint density at radius 1 is 0.808 bits per heavy atom. The predicted octanol–water partition coefficient (Wildman–Crippen LogP) is 3.07. The normalized spacial score (nSPS) is 9.85. The van der Waals surface area contributed by atoms with Crippen LogP contribution in [0.25, 0.3) is 11.4 Å². The third-order valence-electron chi connectivity index (χ3n) is 3.74. The zero-order valence-electron chi connectivity index (χ0n) is 14.1. The summed E-state index contributed by atoms with van der Waals surface area (Å²) in [6.07, 6.45) is 7.17. The second kappa shape index (κ2) is 8.42. The average Bonchev–Trinajstić information content (AvgIpc) is 3.42. The highest BCUT2D eigenvalue weighted by Crippen LogP contribution is 2.12. The average molecular weight is 342 g/mol. The molecule has 6 heteroatoms. The Labute approximate surface area is 151 Å². The van der Waals surface area contributed by atoms with Crippen molar-refractivity contribution in [1.29, 1.82) is 5.26 Å². The van der Waals surface area contributed by atoms with Crippen LogP contribution in [0.3, 0.4) is 0 Å². The molecule has 0 amide bonds. The number of aromatic nitrogens is 4. The first-order chi connectivity index (χ1) is 12.8. The summed E-state index contributed by atoms with van der Waals surface area (Å²) in [4.78, 5) is 0. The molecule has 2 N–H and O–H groups in total. The molecule has 2 aromatic carbocycles. The molecule has 4 rings (SSSR count). The zero-order valence-corrected chi connectivity index (χ0v) is 14.1. The molecule has 0 aliphatic heterocycles. The molecule has 0 aliphatic rings. The van der Waals surface area contributed by atoms with Crippen LogP contribution in [0.5, 0.6) is 0 Å². The van der Waals surface area contributed by atoms with E-state index >= 15 is 0 Å². The molecule has 4 aromatic rings. The van der Waals surface area contributed by atoms with Gasteiger partial charge in [-0.15, -0.1) is 0 Å². The van der Waals surface area contributed by atoms with E-state index in [4.69, 9.17) is 11.0 Å². The summed E-state index contributed by atoms with van der Waals surface area (Å²) in [6, 6.07) is 21.2. The fraction of sp³-hybridized carbons (Fsp3) is 0.0500. The number of hydrogen-bond donors (Lipinski definition) is 1. The van der Waals surface area contributed by atoms with Crippen molar-refractivity contribution in [1.82, 2.24) is 19.6 Å². The lowest BCUT2D eigenvalue weighted by atomic mass is 10.2. The predicted molar refractivity (Wildman–Crippen MR) is 99.7 cm³/mol. The van der Waals surface area contributed by atoms with Crippen LogP contribution in [-0.4, -0.2) is 19.6 Å². The molecule has 26 heavy (non-hydrogen) atoms. The Kier molecular flexibility index (Phi) is 5.55. The van der Waals surface area contributed by atoms with Crippen LogP contribution < -0.4 is 5.73 Å². The number of hydrogen-bond acceptors (Lipinski definition) is 4. The monoisotopic (exact) mass is 342 g/mol.